The molecular formula is C14H18F2N2O. The molecule has 0 spiro atoms. The molecule has 2 N–H and O–H groups in total. The number of nitrogens with zero attached hydrogens (tertiary/aromatic N) is 1. The van der Waals surface area contributed by atoms with E-state index >= 15 is 0 Å². The van der Waals surface area contributed by atoms with E-state index in [9.17, 15) is 13.6 Å². The van der Waals surface area contributed by atoms with Crippen molar-refractivity contribution in [1.82, 2.24) is 4.90 Å². The molecule has 19 heavy (non-hydrogen) atoms. The van der Waals surface area contributed by atoms with Gasteiger partial charge in [-0.15, -0.1) is 0 Å². The lowest BCUT2D eigenvalue weighted by atomic mass is 9.98. The number of hydrogen-bond acceptors (Lipinski definition) is 2. The molecule has 2 atom stereocenters. The maximum absolute atomic E-state index is 13.5. The molecular weight excluding hydrogens is 250 g/mol. The number of benzene rings is 1. The molecule has 1 aromatic rings. The summed E-state index contributed by atoms with van der Waals surface area (Å²) in [5.74, 6) is -1.59. The third-order valence-electron chi connectivity index (χ3n) is 3.63. The Hall–Kier alpha value is -1.49. The number of carbonyl (C=O) groups excluding carboxylic acids is 1. The van der Waals surface area contributed by atoms with Crippen LogP contribution in [0.5, 0.6) is 0 Å². The Morgan fingerprint density at radius 1 is 1.42 bits per heavy atom. The number of carbonyl (C=O) groups is 1. The van der Waals surface area contributed by atoms with Crippen LogP contribution < -0.4 is 5.73 Å². The fourth-order valence-electron chi connectivity index (χ4n) is 2.53. The highest BCUT2D eigenvalue weighted by Crippen LogP contribution is 2.19. The highest BCUT2D eigenvalue weighted by atomic mass is 19.1. The average molecular weight is 268 g/mol. The molecule has 0 saturated carbocycles. The van der Waals surface area contributed by atoms with E-state index in [0.29, 0.717) is 6.54 Å². The number of amides is 1. The van der Waals surface area contributed by atoms with Gasteiger partial charge in [-0.1, -0.05) is 6.07 Å². The van der Waals surface area contributed by atoms with Crippen molar-refractivity contribution < 1.29 is 13.6 Å². The van der Waals surface area contributed by atoms with Crippen LogP contribution in [0.25, 0.3) is 0 Å². The molecule has 0 bridgehead atoms. The van der Waals surface area contributed by atoms with Gasteiger partial charge in [0.2, 0.25) is 5.91 Å². The van der Waals surface area contributed by atoms with Gasteiger partial charge in [-0.3, -0.25) is 4.79 Å². The van der Waals surface area contributed by atoms with E-state index in [1.165, 1.54) is 18.2 Å². The van der Waals surface area contributed by atoms with E-state index in [2.05, 4.69) is 0 Å². The first kappa shape index (κ1) is 13.9. The second-order valence-electron chi connectivity index (χ2n) is 5.10. The predicted molar refractivity (Wildman–Crippen MR) is 68.4 cm³/mol. The fraction of sp³-hybridized carbons (Fsp3) is 0.500. The molecule has 1 aromatic carbocycles. The third kappa shape index (κ3) is 3.10. The molecule has 104 valence electrons. The summed E-state index contributed by atoms with van der Waals surface area (Å²) in [6.45, 7) is 2.46. The van der Waals surface area contributed by atoms with E-state index in [1.807, 2.05) is 6.92 Å². The van der Waals surface area contributed by atoms with Crippen LogP contribution in [0.3, 0.4) is 0 Å². The normalized spacial score (nSPS) is 23.5. The molecule has 1 aliphatic rings. The first-order valence-corrected chi connectivity index (χ1v) is 6.47. The number of hydrogen-bond donors (Lipinski definition) is 1. The topological polar surface area (TPSA) is 46.3 Å². The second-order valence-corrected chi connectivity index (χ2v) is 5.10. The van der Waals surface area contributed by atoms with Crippen molar-refractivity contribution in [2.75, 3.05) is 6.54 Å². The third-order valence-corrected chi connectivity index (χ3v) is 3.63. The van der Waals surface area contributed by atoms with Crippen LogP contribution >= 0.6 is 0 Å². The summed E-state index contributed by atoms with van der Waals surface area (Å²) in [6.07, 6.45) is 1.22. The molecule has 1 fully saturated rings. The maximum atomic E-state index is 13.5. The number of halogens is 2. The standard InChI is InChI=1S/C14H18F2N2O/c1-9-7-10(17)5-6-18(9)14(19)8-11-12(15)3-2-4-13(11)16/h2-4,9-10H,5-8,17H2,1H3. The summed E-state index contributed by atoms with van der Waals surface area (Å²) in [5, 5.41) is 0. The molecule has 1 heterocycles. The summed E-state index contributed by atoms with van der Waals surface area (Å²) >= 11 is 0. The number of rotatable bonds is 2. The molecule has 0 aliphatic carbocycles. The Labute approximate surface area is 111 Å². The fourth-order valence-corrected chi connectivity index (χ4v) is 2.53. The summed E-state index contributed by atoms with van der Waals surface area (Å²) in [5.41, 5.74) is 5.67. The highest BCUT2D eigenvalue weighted by Gasteiger charge is 2.27. The summed E-state index contributed by atoms with van der Waals surface area (Å²) in [7, 11) is 0. The van der Waals surface area contributed by atoms with E-state index in [-0.39, 0.29) is 30.0 Å². The quantitative estimate of drug-likeness (QED) is 0.889. The number of likely N-dealkylation sites (tertiary alicyclic amines) is 1. The summed E-state index contributed by atoms with van der Waals surface area (Å²) < 4.78 is 27.0. The van der Waals surface area contributed by atoms with Crippen LogP contribution in [0.1, 0.15) is 25.3 Å². The molecule has 0 radical (unpaired) electrons. The van der Waals surface area contributed by atoms with Gasteiger partial charge in [-0.2, -0.15) is 0 Å². The second kappa shape index (κ2) is 5.65. The van der Waals surface area contributed by atoms with Gasteiger partial charge in [-0.25, -0.2) is 8.78 Å². The minimum absolute atomic E-state index is 0.0195. The monoisotopic (exact) mass is 268 g/mol. The van der Waals surface area contributed by atoms with Crippen molar-refractivity contribution in [3.8, 4) is 0 Å². The summed E-state index contributed by atoms with van der Waals surface area (Å²) in [4.78, 5) is 13.8. The van der Waals surface area contributed by atoms with Gasteiger partial charge < -0.3 is 10.6 Å². The Bertz CT molecular complexity index is 458. The molecule has 2 rings (SSSR count). The molecule has 2 unspecified atom stereocenters. The van der Waals surface area contributed by atoms with Crippen molar-refractivity contribution >= 4 is 5.91 Å². The minimum atomic E-state index is -0.672. The van der Waals surface area contributed by atoms with E-state index in [4.69, 9.17) is 5.73 Å². The molecule has 0 aromatic heterocycles. The molecule has 3 nitrogen and oxygen atoms in total. The minimum Gasteiger partial charge on any atom is -0.340 e. The molecule has 1 aliphatic heterocycles. The molecule has 1 amide bonds. The first-order valence-electron chi connectivity index (χ1n) is 6.47. The van der Waals surface area contributed by atoms with Gasteiger partial charge >= 0.3 is 0 Å². The smallest absolute Gasteiger partial charge is 0.227 e. The maximum Gasteiger partial charge on any atom is 0.227 e. The average Bonchev–Trinajstić information content (AvgIpc) is 2.33. The lowest BCUT2D eigenvalue weighted by Gasteiger charge is -2.36. The van der Waals surface area contributed by atoms with Crippen LogP contribution in [0, 0.1) is 11.6 Å². The van der Waals surface area contributed by atoms with Gasteiger partial charge in [0.05, 0.1) is 6.42 Å². The van der Waals surface area contributed by atoms with Crippen LogP contribution in [0.15, 0.2) is 18.2 Å². The predicted octanol–water partition coefficient (Wildman–Crippen LogP) is 1.85. The zero-order valence-electron chi connectivity index (χ0n) is 10.9. The molecule has 1 saturated heterocycles. The summed E-state index contributed by atoms with van der Waals surface area (Å²) in [6, 6.07) is 3.75. The Balaban J connectivity index is 2.09. The van der Waals surface area contributed by atoms with Crippen molar-refractivity contribution in [3.63, 3.8) is 0 Å². The van der Waals surface area contributed by atoms with Crippen molar-refractivity contribution in [1.29, 1.82) is 0 Å². The first-order chi connectivity index (χ1) is 8.99. The van der Waals surface area contributed by atoms with Crippen LogP contribution in [-0.4, -0.2) is 29.4 Å². The van der Waals surface area contributed by atoms with Crippen molar-refractivity contribution in [3.05, 3.63) is 35.4 Å². The zero-order chi connectivity index (χ0) is 14.0. The molecule has 5 heteroatoms. The van der Waals surface area contributed by atoms with E-state index < -0.39 is 11.6 Å². The lowest BCUT2D eigenvalue weighted by Crippen LogP contribution is -2.48. The largest absolute Gasteiger partial charge is 0.340 e. The number of nitrogens with two attached hydrogens (primary N) is 1. The van der Waals surface area contributed by atoms with Gasteiger partial charge in [-0.05, 0) is 31.9 Å². The van der Waals surface area contributed by atoms with Crippen LogP contribution in [0.4, 0.5) is 8.78 Å². The van der Waals surface area contributed by atoms with Gasteiger partial charge in [0.1, 0.15) is 11.6 Å². The van der Waals surface area contributed by atoms with Gasteiger partial charge in [0, 0.05) is 24.2 Å². The van der Waals surface area contributed by atoms with E-state index in [1.54, 1.807) is 4.90 Å². The van der Waals surface area contributed by atoms with Crippen molar-refractivity contribution in [2.45, 2.75) is 38.3 Å². The Kier molecular flexibility index (Phi) is 4.14. The lowest BCUT2D eigenvalue weighted by molar-refractivity contribution is -0.134. The van der Waals surface area contributed by atoms with Crippen LogP contribution in [0.2, 0.25) is 0 Å². The van der Waals surface area contributed by atoms with Gasteiger partial charge in [0.15, 0.2) is 0 Å². The van der Waals surface area contributed by atoms with E-state index in [0.717, 1.165) is 12.8 Å². The van der Waals surface area contributed by atoms with Crippen LogP contribution in [-0.2, 0) is 11.2 Å². The van der Waals surface area contributed by atoms with Crippen molar-refractivity contribution in [2.24, 2.45) is 5.73 Å². The Morgan fingerprint density at radius 3 is 2.63 bits per heavy atom. The Morgan fingerprint density at radius 2 is 2.05 bits per heavy atom. The zero-order valence-corrected chi connectivity index (χ0v) is 10.9. The van der Waals surface area contributed by atoms with Gasteiger partial charge in [0.25, 0.3) is 0 Å². The SMILES string of the molecule is CC1CC(N)CCN1C(=O)Cc1c(F)cccc1F. The highest BCUT2D eigenvalue weighted by molar-refractivity contribution is 5.79. The number of piperidine rings is 1.